The third kappa shape index (κ3) is 5.16. The number of benzene rings is 4. The molecule has 12 bridgehead atoms. The monoisotopic (exact) mass is 918 g/mol. The van der Waals surface area contributed by atoms with Crippen molar-refractivity contribution in [3.05, 3.63) is 144 Å². The Labute approximate surface area is 396 Å². The molecule has 0 radical (unpaired) electrons. The first-order valence-corrected chi connectivity index (χ1v) is 24.0. The van der Waals surface area contributed by atoms with E-state index in [2.05, 4.69) is 92.0 Å². The lowest BCUT2D eigenvalue weighted by Gasteiger charge is -2.56. The van der Waals surface area contributed by atoms with Crippen LogP contribution in [0.15, 0.2) is 121 Å². The zero-order chi connectivity index (χ0) is 46.2. The highest BCUT2D eigenvalue weighted by atomic mass is 16.2. The number of hydrogen-bond donors (Lipinski definition) is 0. The molecule has 0 unspecified atom stereocenters. The molecule has 0 aliphatic carbocycles. The minimum atomic E-state index is -1.11. The number of nitrogens with zero attached hydrogens (tertiary/aromatic N) is 14. The molecule has 16 rings (SSSR count). The average Bonchev–Trinajstić information content (AvgIpc) is 3.95. The van der Waals surface area contributed by atoms with Crippen LogP contribution in [0.2, 0.25) is 0 Å². The van der Waals surface area contributed by atoms with Crippen LogP contribution in [0.1, 0.15) is 22.3 Å². The predicted octanol–water partition coefficient (Wildman–Crippen LogP) is 3.15. The van der Waals surface area contributed by atoms with Gasteiger partial charge in [0.25, 0.3) is 0 Å². The quantitative estimate of drug-likeness (QED) is 0.303. The number of urea groups is 4. The van der Waals surface area contributed by atoms with Gasteiger partial charge in [-0.2, -0.15) is 0 Å². The van der Waals surface area contributed by atoms with Gasteiger partial charge in [-0.15, -0.1) is 0 Å². The number of carbonyl (C=O) groups is 4. The number of rotatable bonds is 4. The summed E-state index contributed by atoms with van der Waals surface area (Å²) in [6.45, 7) is 7.90. The van der Waals surface area contributed by atoms with E-state index in [9.17, 15) is 0 Å². The Morgan fingerprint density at radius 1 is 0.279 bits per heavy atom. The van der Waals surface area contributed by atoms with Gasteiger partial charge < -0.3 is 9.80 Å². The van der Waals surface area contributed by atoms with Crippen molar-refractivity contribution in [2.45, 2.75) is 22.7 Å². The third-order valence-electron chi connectivity index (χ3n) is 16.6. The summed E-state index contributed by atoms with van der Waals surface area (Å²) in [7, 11) is 4.19. The Balaban J connectivity index is 0.877. The molecule has 0 saturated carbocycles. The largest absolute Gasteiger partial charge is 0.326 e. The molecule has 0 atom stereocenters. The summed E-state index contributed by atoms with van der Waals surface area (Å²) in [5.74, 6) is 0. The molecule has 0 N–H and O–H groups in total. The van der Waals surface area contributed by atoms with Gasteiger partial charge in [0.15, 0.2) is 22.7 Å². The van der Waals surface area contributed by atoms with Gasteiger partial charge in [-0.3, -0.25) is 58.8 Å². The van der Waals surface area contributed by atoms with Gasteiger partial charge in [0.1, 0.15) is 0 Å². The van der Waals surface area contributed by atoms with E-state index in [1.807, 2.05) is 112 Å². The standard InChI is InChI=1S/C50H58N14O4/c1-51-23-27-53-31-57-43(65)61-35-55(36-62-44(66)58(32-53)47(57,39-15-7-3-8-16-39)49(61,62)41-19-11-5-12-20-41)29-25-52(2)26-30-56-37-63-45(67)59-33-54(28-24-51)34-60-46(68)64(38-56)50(63,42-21-13-6-14-22-42)48(59,60)40-17-9-4-10-18-40/h3-22H,23-38H2,1-2H3. The van der Waals surface area contributed by atoms with Crippen molar-refractivity contribution < 1.29 is 19.2 Å². The molecule has 12 aliphatic heterocycles. The van der Waals surface area contributed by atoms with E-state index in [1.165, 1.54) is 0 Å². The minimum absolute atomic E-state index is 0.0913. The highest BCUT2D eigenvalue weighted by molar-refractivity contribution is 5.91. The second-order valence-corrected chi connectivity index (χ2v) is 20.0. The highest BCUT2D eigenvalue weighted by Crippen LogP contribution is 2.66. The van der Waals surface area contributed by atoms with E-state index in [-0.39, 0.29) is 24.1 Å². The molecule has 4 aromatic carbocycles. The molecule has 352 valence electrons. The predicted molar refractivity (Wildman–Crippen MR) is 250 cm³/mol. The summed E-state index contributed by atoms with van der Waals surface area (Å²) < 4.78 is 0. The molecule has 18 nitrogen and oxygen atoms in total. The molecule has 0 spiro atoms. The molecule has 12 aliphatic rings. The smallest absolute Gasteiger partial charge is 0.304 e. The molecule has 68 heavy (non-hydrogen) atoms. The maximum absolute atomic E-state index is 15.4. The Morgan fingerprint density at radius 2 is 0.456 bits per heavy atom. The normalized spacial score (nSPS) is 34.9. The SMILES string of the molecule is CN1CCN2CN3C(=O)N4CN(CCN(C)CCN5CN6C(=O)N7CN(CC1)CN1C(=O)N(C5)C6(c5ccccc5)C71c1ccccc1)CN1C(=O)N(C2)C3(c2ccccc2)C41c1ccccc1. The van der Waals surface area contributed by atoms with Crippen molar-refractivity contribution in [3.63, 3.8) is 0 Å². The number of carbonyl (C=O) groups excluding carboxylic acids is 4. The number of hydrogen-bond acceptors (Lipinski definition) is 10. The summed E-state index contributed by atoms with van der Waals surface area (Å²) in [5, 5.41) is 0. The molecule has 12 saturated heterocycles. The fourth-order valence-electron chi connectivity index (χ4n) is 13.6. The second kappa shape index (κ2) is 15.1. The van der Waals surface area contributed by atoms with Crippen LogP contribution in [0.4, 0.5) is 19.2 Å². The third-order valence-corrected chi connectivity index (χ3v) is 16.6. The summed E-state index contributed by atoms with van der Waals surface area (Å²) in [4.78, 5) is 90.7. The van der Waals surface area contributed by atoms with Gasteiger partial charge in [0, 0.05) is 74.6 Å². The van der Waals surface area contributed by atoms with Gasteiger partial charge in [0.05, 0.1) is 53.3 Å². The number of likely N-dealkylation sites (N-methyl/N-ethyl adjacent to an activating group) is 2. The van der Waals surface area contributed by atoms with E-state index in [0.717, 1.165) is 22.3 Å². The van der Waals surface area contributed by atoms with Crippen LogP contribution in [-0.2, 0) is 22.7 Å². The maximum atomic E-state index is 15.4. The molecule has 12 fully saturated rings. The van der Waals surface area contributed by atoms with Gasteiger partial charge >= 0.3 is 24.1 Å². The van der Waals surface area contributed by atoms with Crippen LogP contribution in [0.5, 0.6) is 0 Å². The summed E-state index contributed by atoms with van der Waals surface area (Å²) >= 11 is 0. The lowest BCUT2D eigenvalue weighted by atomic mass is 9.79. The van der Waals surface area contributed by atoms with E-state index < -0.39 is 22.7 Å². The summed E-state index contributed by atoms with van der Waals surface area (Å²) in [5.41, 5.74) is -0.778. The average molecular weight is 919 g/mol. The first-order chi connectivity index (χ1) is 33.2. The van der Waals surface area contributed by atoms with Gasteiger partial charge in [-0.25, -0.2) is 19.2 Å². The van der Waals surface area contributed by atoms with Crippen molar-refractivity contribution in [3.8, 4) is 0 Å². The van der Waals surface area contributed by atoms with E-state index in [4.69, 9.17) is 0 Å². The van der Waals surface area contributed by atoms with Gasteiger partial charge in [-0.1, -0.05) is 121 Å². The zero-order valence-corrected chi connectivity index (χ0v) is 38.8. The van der Waals surface area contributed by atoms with Crippen LogP contribution < -0.4 is 0 Å². The molecule has 18 heteroatoms. The lowest BCUT2D eigenvalue weighted by molar-refractivity contribution is -0.162. The molecule has 8 amide bonds. The zero-order valence-electron chi connectivity index (χ0n) is 38.8. The van der Waals surface area contributed by atoms with Crippen molar-refractivity contribution in [2.24, 2.45) is 0 Å². The second-order valence-electron chi connectivity index (χ2n) is 20.0. The molecule has 4 aromatic rings. The van der Waals surface area contributed by atoms with Crippen molar-refractivity contribution in [1.29, 1.82) is 0 Å². The highest BCUT2D eigenvalue weighted by Gasteiger charge is 2.84. The van der Waals surface area contributed by atoms with Crippen molar-refractivity contribution >= 4 is 24.1 Å². The fourth-order valence-corrected chi connectivity index (χ4v) is 13.6. The van der Waals surface area contributed by atoms with Crippen LogP contribution in [0, 0.1) is 0 Å². The maximum Gasteiger partial charge on any atom is 0.326 e. The Hall–Kier alpha value is -6.28. The molecule has 0 aromatic heterocycles. The summed E-state index contributed by atoms with van der Waals surface area (Å²) in [6, 6.07) is 40.3. The van der Waals surface area contributed by atoms with E-state index in [0.29, 0.717) is 106 Å². The Kier molecular flexibility index (Phi) is 9.30. The van der Waals surface area contributed by atoms with Gasteiger partial charge in [-0.05, 0) is 14.1 Å². The lowest BCUT2D eigenvalue weighted by Crippen LogP contribution is -2.71. The first kappa shape index (κ1) is 41.9. The Bertz CT molecular complexity index is 2220. The van der Waals surface area contributed by atoms with Gasteiger partial charge in [0.2, 0.25) is 0 Å². The Morgan fingerprint density at radius 3 is 0.632 bits per heavy atom. The van der Waals surface area contributed by atoms with Crippen molar-refractivity contribution in [1.82, 2.24) is 68.6 Å². The van der Waals surface area contributed by atoms with E-state index >= 15 is 19.2 Å². The topological polar surface area (TPSA) is 114 Å². The van der Waals surface area contributed by atoms with Crippen LogP contribution in [0.25, 0.3) is 0 Å². The molecular weight excluding hydrogens is 861 g/mol. The van der Waals surface area contributed by atoms with E-state index in [1.54, 1.807) is 0 Å². The van der Waals surface area contributed by atoms with Crippen LogP contribution in [-0.4, -0.2) is 213 Å². The van der Waals surface area contributed by atoms with Crippen LogP contribution >= 0.6 is 0 Å². The fraction of sp³-hybridized carbons (Fsp3) is 0.440. The molecule has 12 heterocycles. The summed E-state index contributed by atoms with van der Waals surface area (Å²) in [6.07, 6.45) is 0. The van der Waals surface area contributed by atoms with Crippen molar-refractivity contribution in [2.75, 3.05) is 120 Å². The molecular formula is C50H58N14O4. The van der Waals surface area contributed by atoms with Crippen LogP contribution in [0.3, 0.4) is 0 Å². The number of amides is 8. The first-order valence-electron chi connectivity index (χ1n) is 24.0. The minimum Gasteiger partial charge on any atom is -0.304 e.